The Kier molecular flexibility index (Phi) is 4.28. The van der Waals surface area contributed by atoms with Crippen molar-refractivity contribution >= 4 is 37.6 Å². The topological polar surface area (TPSA) is 57.6 Å². The third-order valence-corrected chi connectivity index (χ3v) is 6.19. The lowest BCUT2D eigenvalue weighted by molar-refractivity contribution is -0.0653. The van der Waals surface area contributed by atoms with Gasteiger partial charge in [-0.3, -0.25) is 0 Å². The van der Waals surface area contributed by atoms with Crippen LogP contribution in [-0.2, 0) is 10.0 Å². The summed E-state index contributed by atoms with van der Waals surface area (Å²) >= 11 is 9.06. The zero-order valence-electron chi connectivity index (χ0n) is 10.4. The van der Waals surface area contributed by atoms with Gasteiger partial charge in [0.25, 0.3) is 0 Å². The minimum Gasteiger partial charge on any atom is -0.387 e. The summed E-state index contributed by atoms with van der Waals surface area (Å²) in [7, 11) is -3.55. The maximum absolute atomic E-state index is 12.3. The molecule has 1 aliphatic rings. The van der Waals surface area contributed by atoms with Gasteiger partial charge in [-0.1, -0.05) is 24.9 Å². The molecule has 0 spiro atoms. The molecule has 0 saturated carbocycles. The lowest BCUT2D eigenvalue weighted by Gasteiger charge is -2.45. The number of nitrogens with zero attached hydrogens (tertiary/aromatic N) is 1. The number of hydrogen-bond donors (Lipinski definition) is 1. The molecule has 106 valence electrons. The third kappa shape index (κ3) is 2.97. The van der Waals surface area contributed by atoms with Gasteiger partial charge in [0, 0.05) is 17.6 Å². The summed E-state index contributed by atoms with van der Waals surface area (Å²) < 4.78 is 26.5. The fraction of sp³-hybridized carbons (Fsp3) is 0.500. The van der Waals surface area contributed by atoms with Crippen LogP contribution in [0.2, 0.25) is 5.02 Å². The minimum atomic E-state index is -3.55. The van der Waals surface area contributed by atoms with Gasteiger partial charge in [-0.25, -0.2) is 8.42 Å². The SMILES string of the molecule is CCCC1(O)CN(S(=O)(=O)c2ccc(Cl)c(Br)c2)C1. The molecule has 7 heteroatoms. The molecule has 1 heterocycles. The maximum Gasteiger partial charge on any atom is 0.243 e. The minimum absolute atomic E-state index is 0.156. The van der Waals surface area contributed by atoms with Gasteiger partial charge in [0.15, 0.2) is 0 Å². The number of sulfonamides is 1. The van der Waals surface area contributed by atoms with Gasteiger partial charge in [0.05, 0.1) is 15.5 Å². The molecule has 1 aliphatic heterocycles. The van der Waals surface area contributed by atoms with Crippen LogP contribution in [-0.4, -0.2) is 36.5 Å². The normalized spacial score (nSPS) is 19.2. The predicted octanol–water partition coefficient (Wildman–Crippen LogP) is 2.64. The molecule has 1 aromatic rings. The third-order valence-electron chi connectivity index (χ3n) is 3.19. The Labute approximate surface area is 126 Å². The molecule has 0 bridgehead atoms. The first kappa shape index (κ1) is 15.3. The summed E-state index contributed by atoms with van der Waals surface area (Å²) in [5, 5.41) is 10.5. The van der Waals surface area contributed by atoms with Crippen LogP contribution >= 0.6 is 27.5 Å². The predicted molar refractivity (Wildman–Crippen MR) is 77.8 cm³/mol. The van der Waals surface area contributed by atoms with Crippen LogP contribution in [0.25, 0.3) is 0 Å². The van der Waals surface area contributed by atoms with E-state index in [9.17, 15) is 13.5 Å². The molecule has 1 N–H and O–H groups in total. The largest absolute Gasteiger partial charge is 0.387 e. The number of aliphatic hydroxyl groups is 1. The average molecular weight is 369 g/mol. The molecule has 0 aliphatic carbocycles. The first-order valence-electron chi connectivity index (χ1n) is 5.96. The highest BCUT2D eigenvalue weighted by Gasteiger charge is 2.46. The van der Waals surface area contributed by atoms with E-state index in [2.05, 4.69) is 15.9 Å². The van der Waals surface area contributed by atoms with Crippen LogP contribution in [0.4, 0.5) is 0 Å². The summed E-state index contributed by atoms with van der Waals surface area (Å²) in [6.45, 7) is 2.28. The van der Waals surface area contributed by atoms with E-state index < -0.39 is 15.6 Å². The average Bonchev–Trinajstić information content (AvgIpc) is 2.29. The van der Waals surface area contributed by atoms with E-state index >= 15 is 0 Å². The first-order chi connectivity index (χ1) is 8.78. The van der Waals surface area contributed by atoms with E-state index in [4.69, 9.17) is 11.6 Å². The summed E-state index contributed by atoms with van der Waals surface area (Å²) in [5.74, 6) is 0. The summed E-state index contributed by atoms with van der Waals surface area (Å²) in [6.07, 6.45) is 1.44. The molecule has 1 saturated heterocycles. The summed E-state index contributed by atoms with van der Waals surface area (Å²) in [6, 6.07) is 4.49. The second kappa shape index (κ2) is 5.33. The molecule has 4 nitrogen and oxygen atoms in total. The molecule has 2 rings (SSSR count). The van der Waals surface area contributed by atoms with Crippen molar-refractivity contribution in [2.75, 3.05) is 13.1 Å². The summed E-state index contributed by atoms with van der Waals surface area (Å²) in [4.78, 5) is 0.183. The Morgan fingerprint density at radius 1 is 1.47 bits per heavy atom. The smallest absolute Gasteiger partial charge is 0.243 e. The molecule has 0 atom stereocenters. The van der Waals surface area contributed by atoms with Crippen LogP contribution in [0, 0.1) is 0 Å². The van der Waals surface area contributed by atoms with E-state index in [1.54, 1.807) is 0 Å². The molecule has 0 radical (unpaired) electrons. The van der Waals surface area contributed by atoms with Crippen LogP contribution in [0.15, 0.2) is 27.6 Å². The Balaban J connectivity index is 2.19. The van der Waals surface area contributed by atoms with Gasteiger partial charge < -0.3 is 5.11 Å². The van der Waals surface area contributed by atoms with Crippen LogP contribution in [0.1, 0.15) is 19.8 Å². The lowest BCUT2D eigenvalue weighted by Crippen LogP contribution is -2.63. The molecule has 19 heavy (non-hydrogen) atoms. The van der Waals surface area contributed by atoms with Crippen molar-refractivity contribution in [1.82, 2.24) is 4.31 Å². The fourth-order valence-corrected chi connectivity index (χ4v) is 4.46. The van der Waals surface area contributed by atoms with E-state index in [1.807, 2.05) is 6.92 Å². The number of rotatable bonds is 4. The van der Waals surface area contributed by atoms with E-state index in [0.29, 0.717) is 15.9 Å². The van der Waals surface area contributed by atoms with Crippen LogP contribution in [0.5, 0.6) is 0 Å². The van der Waals surface area contributed by atoms with Crippen molar-refractivity contribution in [2.45, 2.75) is 30.3 Å². The Hall–Kier alpha value is -0.140. The zero-order chi connectivity index (χ0) is 14.3. The lowest BCUT2D eigenvalue weighted by atomic mass is 9.92. The Morgan fingerprint density at radius 3 is 2.63 bits per heavy atom. The maximum atomic E-state index is 12.3. The summed E-state index contributed by atoms with van der Waals surface area (Å²) in [5.41, 5.74) is -0.870. The Morgan fingerprint density at radius 2 is 2.11 bits per heavy atom. The number of hydrogen-bond acceptors (Lipinski definition) is 3. The highest BCUT2D eigenvalue weighted by atomic mass is 79.9. The number of β-amino-alcohol motifs (C(OH)–C–C–N with tert-alkyl or cyclic N) is 1. The van der Waals surface area contributed by atoms with Crippen LogP contribution < -0.4 is 0 Å². The number of benzene rings is 1. The monoisotopic (exact) mass is 367 g/mol. The van der Waals surface area contributed by atoms with Gasteiger partial charge in [-0.2, -0.15) is 4.31 Å². The zero-order valence-corrected chi connectivity index (χ0v) is 13.6. The molecule has 0 aromatic heterocycles. The van der Waals surface area contributed by atoms with E-state index in [-0.39, 0.29) is 18.0 Å². The van der Waals surface area contributed by atoms with Crippen molar-refractivity contribution in [3.63, 3.8) is 0 Å². The Bertz CT molecular complexity index is 585. The van der Waals surface area contributed by atoms with Gasteiger partial charge in [-0.15, -0.1) is 0 Å². The second-order valence-electron chi connectivity index (χ2n) is 4.82. The molecule has 0 unspecified atom stereocenters. The van der Waals surface area contributed by atoms with Gasteiger partial charge in [0.1, 0.15) is 0 Å². The molecule has 0 amide bonds. The number of halogens is 2. The molecular weight excluding hydrogens is 354 g/mol. The highest BCUT2D eigenvalue weighted by Crippen LogP contribution is 2.33. The molecule has 1 aromatic carbocycles. The second-order valence-corrected chi connectivity index (χ2v) is 8.02. The van der Waals surface area contributed by atoms with Gasteiger partial charge in [0.2, 0.25) is 10.0 Å². The van der Waals surface area contributed by atoms with Crippen molar-refractivity contribution < 1.29 is 13.5 Å². The highest BCUT2D eigenvalue weighted by molar-refractivity contribution is 9.10. The van der Waals surface area contributed by atoms with E-state index in [0.717, 1.165) is 6.42 Å². The van der Waals surface area contributed by atoms with Gasteiger partial charge >= 0.3 is 0 Å². The van der Waals surface area contributed by atoms with Crippen molar-refractivity contribution in [1.29, 1.82) is 0 Å². The quantitative estimate of drug-likeness (QED) is 0.889. The van der Waals surface area contributed by atoms with E-state index in [1.165, 1.54) is 22.5 Å². The molecular formula is C12H15BrClNO3S. The first-order valence-corrected chi connectivity index (χ1v) is 8.57. The molecule has 1 fully saturated rings. The standard InChI is InChI=1S/C12H15BrClNO3S/c1-2-5-12(16)7-15(8-12)19(17,18)9-3-4-11(14)10(13)6-9/h3-4,6,16H,2,5,7-8H2,1H3. The van der Waals surface area contributed by atoms with Crippen molar-refractivity contribution in [3.8, 4) is 0 Å². The van der Waals surface area contributed by atoms with Crippen molar-refractivity contribution in [2.24, 2.45) is 0 Å². The van der Waals surface area contributed by atoms with Gasteiger partial charge in [-0.05, 0) is 40.5 Å². The van der Waals surface area contributed by atoms with Crippen molar-refractivity contribution in [3.05, 3.63) is 27.7 Å². The van der Waals surface area contributed by atoms with Crippen LogP contribution in [0.3, 0.4) is 0 Å². The fourth-order valence-electron chi connectivity index (χ4n) is 2.19.